The van der Waals surface area contributed by atoms with Gasteiger partial charge in [0.2, 0.25) is 0 Å². The van der Waals surface area contributed by atoms with Gasteiger partial charge in [-0.25, -0.2) is 0 Å². The summed E-state index contributed by atoms with van der Waals surface area (Å²) in [6.45, 7) is 9.78. The number of aryl methyl sites for hydroxylation is 1. The smallest absolute Gasteiger partial charge is 0.260 e. The molecule has 0 fully saturated rings. The Labute approximate surface area is 119 Å². The topological polar surface area (TPSA) is 61.0 Å². The number of alkyl halides is 1. The molecule has 108 valence electrons. The summed E-state index contributed by atoms with van der Waals surface area (Å²) in [6.07, 6.45) is 1.32. The standard InChI is InChI=1S/C13H22ClN3O2/c1-8(2)6-11(14)7-12-13(17(18)19)10(5)15-16(12)9(3)4/h8-9,11H,6-7H2,1-5H3. The second kappa shape index (κ2) is 6.37. The molecule has 1 atom stereocenters. The Bertz CT molecular complexity index is 455. The van der Waals surface area contributed by atoms with Crippen molar-refractivity contribution in [1.29, 1.82) is 0 Å². The van der Waals surface area contributed by atoms with E-state index in [1.807, 2.05) is 13.8 Å². The molecule has 19 heavy (non-hydrogen) atoms. The lowest BCUT2D eigenvalue weighted by atomic mass is 10.0. The minimum Gasteiger partial charge on any atom is -0.260 e. The van der Waals surface area contributed by atoms with Crippen molar-refractivity contribution in [3.8, 4) is 0 Å². The summed E-state index contributed by atoms with van der Waals surface area (Å²) >= 11 is 6.31. The summed E-state index contributed by atoms with van der Waals surface area (Å²) < 4.78 is 1.73. The van der Waals surface area contributed by atoms with Crippen molar-refractivity contribution in [3.63, 3.8) is 0 Å². The molecule has 0 aromatic carbocycles. The van der Waals surface area contributed by atoms with Crippen molar-refractivity contribution in [2.75, 3.05) is 0 Å². The first kappa shape index (κ1) is 16.0. The predicted molar refractivity (Wildman–Crippen MR) is 76.8 cm³/mol. The Morgan fingerprint density at radius 2 is 1.95 bits per heavy atom. The number of nitrogens with zero attached hydrogens (tertiary/aromatic N) is 3. The second-order valence-corrected chi connectivity index (χ2v) is 6.22. The van der Waals surface area contributed by atoms with Gasteiger partial charge < -0.3 is 0 Å². The summed E-state index contributed by atoms with van der Waals surface area (Å²) in [5.74, 6) is 0.470. The van der Waals surface area contributed by atoms with Gasteiger partial charge in [-0.05, 0) is 33.1 Å². The van der Waals surface area contributed by atoms with E-state index in [2.05, 4.69) is 18.9 Å². The zero-order chi connectivity index (χ0) is 14.7. The number of rotatable bonds is 6. The van der Waals surface area contributed by atoms with E-state index in [9.17, 15) is 10.1 Å². The predicted octanol–water partition coefficient (Wildman–Crippen LogP) is 3.88. The zero-order valence-corrected chi connectivity index (χ0v) is 12.9. The van der Waals surface area contributed by atoms with Gasteiger partial charge in [-0.1, -0.05) is 13.8 Å². The van der Waals surface area contributed by atoms with Crippen LogP contribution in [0.1, 0.15) is 51.5 Å². The lowest BCUT2D eigenvalue weighted by Gasteiger charge is -2.14. The molecule has 5 nitrogen and oxygen atoms in total. The Morgan fingerprint density at radius 3 is 2.37 bits per heavy atom. The van der Waals surface area contributed by atoms with E-state index in [-0.39, 0.29) is 22.0 Å². The molecule has 0 aliphatic heterocycles. The Hall–Kier alpha value is -1.10. The van der Waals surface area contributed by atoms with Gasteiger partial charge in [0.15, 0.2) is 0 Å². The Balaban J connectivity index is 3.12. The molecule has 0 saturated heterocycles. The minimum atomic E-state index is -0.352. The average molecular weight is 288 g/mol. The Morgan fingerprint density at radius 1 is 1.37 bits per heavy atom. The van der Waals surface area contributed by atoms with Gasteiger partial charge in [0.25, 0.3) is 0 Å². The highest BCUT2D eigenvalue weighted by Crippen LogP contribution is 2.29. The molecule has 1 aromatic heterocycles. The first-order valence-electron chi connectivity index (χ1n) is 6.60. The quantitative estimate of drug-likeness (QED) is 0.453. The molecule has 1 aromatic rings. The van der Waals surface area contributed by atoms with E-state index in [1.54, 1.807) is 11.6 Å². The van der Waals surface area contributed by atoms with Crippen LogP contribution in [0.2, 0.25) is 0 Å². The number of hydrogen-bond acceptors (Lipinski definition) is 3. The van der Waals surface area contributed by atoms with Crippen LogP contribution in [0.4, 0.5) is 5.69 Å². The van der Waals surface area contributed by atoms with Crippen molar-refractivity contribution in [3.05, 3.63) is 21.5 Å². The normalized spacial score (nSPS) is 13.3. The number of halogens is 1. The molecule has 0 spiro atoms. The van der Waals surface area contributed by atoms with Gasteiger partial charge in [0, 0.05) is 17.8 Å². The highest BCUT2D eigenvalue weighted by atomic mass is 35.5. The molecule has 0 amide bonds. The molecule has 0 saturated carbocycles. The van der Waals surface area contributed by atoms with Crippen molar-refractivity contribution < 1.29 is 4.92 Å². The van der Waals surface area contributed by atoms with Crippen LogP contribution in [0.3, 0.4) is 0 Å². The molecular weight excluding hydrogens is 266 g/mol. The van der Waals surface area contributed by atoms with Crippen LogP contribution in [-0.4, -0.2) is 20.1 Å². The summed E-state index contributed by atoms with van der Waals surface area (Å²) in [7, 11) is 0. The van der Waals surface area contributed by atoms with Gasteiger partial charge in [0.05, 0.1) is 4.92 Å². The second-order valence-electron chi connectivity index (χ2n) is 5.61. The van der Waals surface area contributed by atoms with Crippen LogP contribution >= 0.6 is 11.6 Å². The maximum absolute atomic E-state index is 11.2. The van der Waals surface area contributed by atoms with Crippen molar-refractivity contribution in [1.82, 2.24) is 9.78 Å². The fraction of sp³-hybridized carbons (Fsp3) is 0.769. The third-order valence-corrected chi connectivity index (χ3v) is 3.30. The largest absolute Gasteiger partial charge is 0.313 e. The highest BCUT2D eigenvalue weighted by Gasteiger charge is 2.27. The van der Waals surface area contributed by atoms with Gasteiger partial charge in [-0.3, -0.25) is 14.8 Å². The highest BCUT2D eigenvalue weighted by molar-refractivity contribution is 6.20. The molecule has 6 heteroatoms. The molecule has 0 bridgehead atoms. The zero-order valence-electron chi connectivity index (χ0n) is 12.2. The first-order valence-corrected chi connectivity index (χ1v) is 7.04. The van der Waals surface area contributed by atoms with Gasteiger partial charge >= 0.3 is 5.69 Å². The SMILES string of the molecule is Cc1nn(C(C)C)c(CC(Cl)CC(C)C)c1[N+](=O)[O-]. The van der Waals surface area contributed by atoms with Crippen LogP contribution in [-0.2, 0) is 6.42 Å². The number of hydrogen-bond donors (Lipinski definition) is 0. The molecule has 0 radical (unpaired) electrons. The van der Waals surface area contributed by atoms with Crippen molar-refractivity contribution >= 4 is 17.3 Å². The average Bonchev–Trinajstić information content (AvgIpc) is 2.53. The third-order valence-electron chi connectivity index (χ3n) is 2.96. The van der Waals surface area contributed by atoms with E-state index in [1.165, 1.54) is 0 Å². The summed E-state index contributed by atoms with van der Waals surface area (Å²) in [6, 6.07) is 0.0883. The Kier molecular flexibility index (Phi) is 5.35. The summed E-state index contributed by atoms with van der Waals surface area (Å²) in [5.41, 5.74) is 1.21. The fourth-order valence-corrected chi connectivity index (χ4v) is 2.75. The molecular formula is C13H22ClN3O2. The first-order chi connectivity index (χ1) is 8.73. The molecule has 1 unspecified atom stereocenters. The number of nitro groups is 1. The van der Waals surface area contributed by atoms with E-state index >= 15 is 0 Å². The van der Waals surface area contributed by atoms with Crippen LogP contribution in [0.5, 0.6) is 0 Å². The lowest BCUT2D eigenvalue weighted by molar-refractivity contribution is -0.386. The molecule has 1 heterocycles. The summed E-state index contributed by atoms with van der Waals surface area (Å²) in [4.78, 5) is 10.8. The van der Waals surface area contributed by atoms with Crippen molar-refractivity contribution in [2.24, 2.45) is 5.92 Å². The minimum absolute atomic E-state index is 0.0883. The van der Waals surface area contributed by atoms with E-state index < -0.39 is 0 Å². The fourth-order valence-electron chi connectivity index (χ4n) is 2.25. The maximum Gasteiger partial charge on any atom is 0.313 e. The van der Waals surface area contributed by atoms with E-state index in [4.69, 9.17) is 11.6 Å². The van der Waals surface area contributed by atoms with Gasteiger partial charge in [-0.15, -0.1) is 11.6 Å². The molecule has 1 rings (SSSR count). The molecule has 0 aliphatic carbocycles. The number of aromatic nitrogens is 2. The summed E-state index contributed by atoms with van der Waals surface area (Å²) in [5, 5.41) is 15.4. The van der Waals surface area contributed by atoms with Crippen LogP contribution in [0, 0.1) is 23.0 Å². The maximum atomic E-state index is 11.2. The lowest BCUT2D eigenvalue weighted by Crippen LogP contribution is -2.14. The van der Waals surface area contributed by atoms with Crippen LogP contribution in [0.15, 0.2) is 0 Å². The molecule has 0 aliphatic rings. The van der Waals surface area contributed by atoms with Crippen LogP contribution in [0.25, 0.3) is 0 Å². The monoisotopic (exact) mass is 287 g/mol. The van der Waals surface area contributed by atoms with Gasteiger partial charge in [-0.2, -0.15) is 5.10 Å². The third kappa shape index (κ3) is 3.93. The van der Waals surface area contributed by atoms with E-state index in [0.29, 0.717) is 23.7 Å². The van der Waals surface area contributed by atoms with Crippen molar-refractivity contribution in [2.45, 2.75) is 58.9 Å². The van der Waals surface area contributed by atoms with E-state index in [0.717, 1.165) is 6.42 Å². The molecule has 0 N–H and O–H groups in total. The van der Waals surface area contributed by atoms with Crippen LogP contribution < -0.4 is 0 Å². The van der Waals surface area contributed by atoms with Gasteiger partial charge in [0.1, 0.15) is 11.4 Å².